The van der Waals surface area contributed by atoms with Gasteiger partial charge in [0.1, 0.15) is 12.4 Å². The molecule has 0 saturated carbocycles. The maximum absolute atomic E-state index is 12.4. The third-order valence-corrected chi connectivity index (χ3v) is 1.19. The quantitative estimate of drug-likeness (QED) is 0.656. The van der Waals surface area contributed by atoms with Crippen LogP contribution in [0.2, 0.25) is 0 Å². The van der Waals surface area contributed by atoms with E-state index < -0.39 is 0 Å². The van der Waals surface area contributed by atoms with Gasteiger partial charge >= 0.3 is 6.47 Å². The van der Waals surface area contributed by atoms with Gasteiger partial charge in [0.05, 0.1) is 0 Å². The fourth-order valence-corrected chi connectivity index (χ4v) is 0.740. The van der Waals surface area contributed by atoms with Crippen molar-refractivity contribution in [1.82, 2.24) is 0 Å². The zero-order chi connectivity index (χ0) is 8.10. The van der Waals surface area contributed by atoms with Gasteiger partial charge in [-0.15, -0.1) is 0 Å². The molecule has 1 aromatic rings. The maximum atomic E-state index is 12.4. The highest BCUT2D eigenvalue weighted by Gasteiger charge is 1.93. The second-order valence-corrected chi connectivity index (χ2v) is 2.00. The summed E-state index contributed by atoms with van der Waals surface area (Å²) in [4.78, 5) is 9.62. The van der Waals surface area contributed by atoms with E-state index in [-0.39, 0.29) is 12.4 Å². The molecule has 0 N–H and O–H groups in total. The lowest BCUT2D eigenvalue weighted by molar-refractivity contribution is 0.266. The third kappa shape index (κ3) is 2.37. The Morgan fingerprint density at radius 2 is 2.36 bits per heavy atom. The van der Waals surface area contributed by atoms with Crippen LogP contribution in [0.5, 0.6) is 0 Å². The summed E-state index contributed by atoms with van der Waals surface area (Å²) in [6.07, 6.45) is 0. The van der Waals surface area contributed by atoms with E-state index in [9.17, 15) is 9.18 Å². The van der Waals surface area contributed by atoms with Gasteiger partial charge in [0.2, 0.25) is 0 Å². The molecule has 0 aromatic heterocycles. The lowest BCUT2D eigenvalue weighted by atomic mass is 10.2. The van der Waals surface area contributed by atoms with Gasteiger partial charge in [-0.2, -0.15) is 0 Å². The molecule has 1 aromatic carbocycles. The first-order valence-electron chi connectivity index (χ1n) is 3.06. The zero-order valence-corrected chi connectivity index (χ0v) is 5.71. The lowest BCUT2D eigenvalue weighted by Crippen LogP contribution is -1.89. The van der Waals surface area contributed by atoms with Crippen molar-refractivity contribution in [2.75, 3.05) is 0 Å². The van der Waals surface area contributed by atoms with Crippen LogP contribution in [0, 0.1) is 5.82 Å². The lowest BCUT2D eigenvalue weighted by Gasteiger charge is -1.96. The van der Waals surface area contributed by atoms with E-state index in [0.717, 1.165) is 0 Å². The smallest absolute Gasteiger partial charge is 0.417 e. The molecular formula is C8H6FO2. The van der Waals surface area contributed by atoms with E-state index in [2.05, 4.69) is 4.74 Å². The van der Waals surface area contributed by atoms with Gasteiger partial charge in [-0.25, -0.2) is 9.18 Å². The van der Waals surface area contributed by atoms with Gasteiger partial charge < -0.3 is 4.74 Å². The van der Waals surface area contributed by atoms with Gasteiger partial charge in [-0.05, 0) is 17.7 Å². The Balaban J connectivity index is 2.63. The van der Waals surface area contributed by atoms with Crippen molar-refractivity contribution in [1.29, 1.82) is 0 Å². The average molecular weight is 153 g/mol. The average Bonchev–Trinajstić information content (AvgIpc) is 2.01. The molecule has 1 radical (unpaired) electrons. The molecule has 0 fully saturated rings. The van der Waals surface area contributed by atoms with E-state index in [1.54, 1.807) is 12.1 Å². The number of benzene rings is 1. The molecule has 57 valence electrons. The summed E-state index contributed by atoms with van der Waals surface area (Å²) in [7, 11) is 0. The van der Waals surface area contributed by atoms with E-state index in [1.807, 2.05) is 0 Å². The standard InChI is InChI=1S/C8H6FO2/c9-8-3-1-2-7(4-8)5-11-6-10/h1-4H,5H2. The monoisotopic (exact) mass is 153 g/mol. The molecule has 0 aliphatic heterocycles. The number of carbonyl (C=O) groups excluding carboxylic acids is 1. The molecule has 0 saturated heterocycles. The van der Waals surface area contributed by atoms with Gasteiger partial charge in [0, 0.05) is 0 Å². The fraction of sp³-hybridized carbons (Fsp3) is 0.125. The number of hydrogen-bond acceptors (Lipinski definition) is 2. The van der Waals surface area contributed by atoms with Crippen molar-refractivity contribution in [2.24, 2.45) is 0 Å². The molecule has 0 bridgehead atoms. The normalized spacial score (nSPS) is 9.18. The van der Waals surface area contributed by atoms with E-state index in [1.165, 1.54) is 18.6 Å². The molecule has 0 heterocycles. The summed E-state index contributed by atoms with van der Waals surface area (Å²) in [6.45, 7) is 1.33. The topological polar surface area (TPSA) is 26.3 Å². The highest BCUT2D eigenvalue weighted by Crippen LogP contribution is 2.03. The van der Waals surface area contributed by atoms with Crippen molar-refractivity contribution in [3.63, 3.8) is 0 Å². The number of ether oxygens (including phenoxy) is 1. The summed E-state index contributed by atoms with van der Waals surface area (Å²) >= 11 is 0. The first-order valence-corrected chi connectivity index (χ1v) is 3.06. The molecule has 11 heavy (non-hydrogen) atoms. The summed E-state index contributed by atoms with van der Waals surface area (Å²) in [5.41, 5.74) is 0.619. The molecule has 2 nitrogen and oxygen atoms in total. The Morgan fingerprint density at radius 3 is 3.00 bits per heavy atom. The van der Waals surface area contributed by atoms with Crippen LogP contribution < -0.4 is 0 Å². The van der Waals surface area contributed by atoms with Crippen molar-refractivity contribution in [3.05, 3.63) is 35.6 Å². The Labute approximate surface area is 63.6 Å². The molecule has 0 aliphatic rings. The van der Waals surface area contributed by atoms with Crippen LogP contribution >= 0.6 is 0 Å². The number of hydrogen-bond donors (Lipinski definition) is 0. The van der Waals surface area contributed by atoms with Crippen LogP contribution in [0.4, 0.5) is 4.39 Å². The largest absolute Gasteiger partial charge is 0.452 e. The van der Waals surface area contributed by atoms with Crippen molar-refractivity contribution in [2.45, 2.75) is 6.61 Å². The zero-order valence-electron chi connectivity index (χ0n) is 5.71. The first-order chi connectivity index (χ1) is 5.33. The van der Waals surface area contributed by atoms with E-state index >= 15 is 0 Å². The fourth-order valence-electron chi connectivity index (χ4n) is 0.740. The minimum absolute atomic E-state index is 0.0707. The predicted octanol–water partition coefficient (Wildman–Crippen LogP) is 1.41. The molecular weight excluding hydrogens is 147 g/mol. The molecule has 0 unspecified atom stereocenters. The van der Waals surface area contributed by atoms with Crippen LogP contribution in [-0.2, 0) is 16.1 Å². The Hall–Kier alpha value is -1.38. The molecule has 3 heteroatoms. The molecule has 0 amide bonds. The van der Waals surface area contributed by atoms with E-state index in [0.29, 0.717) is 5.56 Å². The maximum Gasteiger partial charge on any atom is 0.417 e. The molecule has 1 rings (SSSR count). The Morgan fingerprint density at radius 1 is 1.55 bits per heavy atom. The van der Waals surface area contributed by atoms with Crippen LogP contribution in [0.1, 0.15) is 5.56 Å². The van der Waals surface area contributed by atoms with Gasteiger partial charge in [0.25, 0.3) is 0 Å². The van der Waals surface area contributed by atoms with Gasteiger partial charge in [-0.1, -0.05) is 12.1 Å². The highest BCUT2D eigenvalue weighted by atomic mass is 19.1. The van der Waals surface area contributed by atoms with E-state index in [4.69, 9.17) is 0 Å². The summed E-state index contributed by atoms with van der Waals surface area (Å²) < 4.78 is 16.7. The number of halogens is 1. The van der Waals surface area contributed by atoms with Crippen molar-refractivity contribution in [3.8, 4) is 0 Å². The Bertz CT molecular complexity index is 248. The highest BCUT2D eigenvalue weighted by molar-refractivity contribution is 5.38. The minimum Gasteiger partial charge on any atom is -0.452 e. The third-order valence-electron chi connectivity index (χ3n) is 1.19. The van der Waals surface area contributed by atoms with Crippen LogP contribution in [0.25, 0.3) is 0 Å². The summed E-state index contributed by atoms with van der Waals surface area (Å²) in [5.74, 6) is -0.336. The van der Waals surface area contributed by atoms with Gasteiger partial charge in [0.15, 0.2) is 0 Å². The molecule has 0 spiro atoms. The van der Waals surface area contributed by atoms with Crippen LogP contribution in [-0.4, -0.2) is 6.47 Å². The predicted molar refractivity (Wildman–Crippen MR) is 36.9 cm³/mol. The van der Waals surface area contributed by atoms with Crippen molar-refractivity contribution >= 4 is 6.47 Å². The molecule has 0 atom stereocenters. The van der Waals surface area contributed by atoms with Crippen LogP contribution in [0.15, 0.2) is 24.3 Å². The second kappa shape index (κ2) is 3.71. The minimum atomic E-state index is -0.336. The summed E-state index contributed by atoms with van der Waals surface area (Å²) in [5, 5.41) is 0. The SMILES string of the molecule is O=[C]OCc1cccc(F)c1. The summed E-state index contributed by atoms with van der Waals surface area (Å²) in [6, 6.07) is 5.85. The molecule has 0 aliphatic carbocycles. The van der Waals surface area contributed by atoms with Crippen LogP contribution in [0.3, 0.4) is 0 Å². The second-order valence-electron chi connectivity index (χ2n) is 2.00. The van der Waals surface area contributed by atoms with Crippen molar-refractivity contribution < 1.29 is 13.9 Å². The number of rotatable bonds is 3. The first kappa shape index (κ1) is 7.72. The van der Waals surface area contributed by atoms with Gasteiger partial charge in [-0.3, -0.25) is 0 Å². The Kier molecular flexibility index (Phi) is 2.60.